The molecule has 0 bridgehead atoms. The number of rotatable bonds is 8. The maximum absolute atomic E-state index is 12.4. The summed E-state index contributed by atoms with van der Waals surface area (Å²) < 4.78 is 0.818. The van der Waals surface area contributed by atoms with Gasteiger partial charge in [-0.15, -0.1) is 16.8 Å². The van der Waals surface area contributed by atoms with E-state index in [1.54, 1.807) is 6.08 Å². The van der Waals surface area contributed by atoms with Gasteiger partial charge in [-0.25, -0.2) is 0 Å². The first-order valence-electron chi connectivity index (χ1n) is 8.71. The lowest BCUT2D eigenvalue weighted by Gasteiger charge is -2.32. The first kappa shape index (κ1) is 18.9. The van der Waals surface area contributed by atoms with Crippen molar-refractivity contribution >= 4 is 34.1 Å². The van der Waals surface area contributed by atoms with E-state index >= 15 is 0 Å². The average molecular weight is 391 g/mol. The van der Waals surface area contributed by atoms with Gasteiger partial charge in [-0.2, -0.15) is 0 Å². The number of hydrogen-bond donors (Lipinski definition) is 2. The van der Waals surface area contributed by atoms with E-state index in [0.717, 1.165) is 42.2 Å². The van der Waals surface area contributed by atoms with Gasteiger partial charge in [-0.3, -0.25) is 4.79 Å². The number of anilines is 1. The van der Waals surface area contributed by atoms with E-state index in [4.69, 9.17) is 0 Å². The number of amides is 1. The van der Waals surface area contributed by atoms with Crippen LogP contribution in [0.4, 0.5) is 5.13 Å². The molecule has 8 heteroatoms. The second kappa shape index (κ2) is 9.70. The Labute approximate surface area is 162 Å². The number of carbonyl (C=O) groups excluding carboxylic acids is 1. The molecule has 6 nitrogen and oxygen atoms in total. The summed E-state index contributed by atoms with van der Waals surface area (Å²) in [7, 11) is 0. The van der Waals surface area contributed by atoms with Crippen molar-refractivity contribution in [3.63, 3.8) is 0 Å². The smallest absolute Gasteiger partial charge is 0.233 e. The Morgan fingerprint density at radius 2 is 2.08 bits per heavy atom. The average Bonchev–Trinajstić information content (AvgIpc) is 3.14. The molecule has 2 N–H and O–H groups in total. The van der Waals surface area contributed by atoms with Crippen molar-refractivity contribution in [3.8, 4) is 0 Å². The van der Waals surface area contributed by atoms with Crippen molar-refractivity contribution in [1.29, 1.82) is 0 Å². The van der Waals surface area contributed by atoms with E-state index in [9.17, 15) is 4.79 Å². The summed E-state index contributed by atoms with van der Waals surface area (Å²) >= 11 is 2.93. The maximum atomic E-state index is 12.4. The number of aromatic nitrogens is 2. The lowest BCUT2D eigenvalue weighted by atomic mass is 10.2. The molecule has 1 amide bonds. The van der Waals surface area contributed by atoms with E-state index in [-0.39, 0.29) is 5.91 Å². The molecule has 0 aliphatic carbocycles. The van der Waals surface area contributed by atoms with Gasteiger partial charge < -0.3 is 15.1 Å². The van der Waals surface area contributed by atoms with Gasteiger partial charge in [0.2, 0.25) is 11.0 Å². The van der Waals surface area contributed by atoms with E-state index in [2.05, 4.69) is 46.4 Å². The normalized spacial score (nSPS) is 15.0. The molecule has 0 saturated carbocycles. The van der Waals surface area contributed by atoms with Crippen LogP contribution in [0.5, 0.6) is 0 Å². The largest absolute Gasteiger partial charge is 0.357 e. The number of benzene rings is 1. The SMILES string of the molecule is C=CCNc1nnc(SCC(=O)N2CC[NH+](Cc3ccccc3)CC2)s1. The van der Waals surface area contributed by atoms with Crippen LogP contribution in [0.3, 0.4) is 0 Å². The monoisotopic (exact) mass is 390 g/mol. The van der Waals surface area contributed by atoms with E-state index in [1.807, 2.05) is 11.0 Å². The molecular formula is C18H24N5OS2+. The van der Waals surface area contributed by atoms with Gasteiger partial charge in [0, 0.05) is 12.1 Å². The summed E-state index contributed by atoms with van der Waals surface area (Å²) in [6.07, 6.45) is 1.77. The predicted octanol–water partition coefficient (Wildman–Crippen LogP) is 1.16. The fraction of sp³-hybridized carbons (Fsp3) is 0.389. The molecule has 0 spiro atoms. The maximum Gasteiger partial charge on any atom is 0.233 e. The van der Waals surface area contributed by atoms with Gasteiger partial charge >= 0.3 is 0 Å². The zero-order valence-corrected chi connectivity index (χ0v) is 16.3. The van der Waals surface area contributed by atoms with Gasteiger partial charge in [0.15, 0.2) is 4.34 Å². The molecule has 26 heavy (non-hydrogen) atoms. The predicted molar refractivity (Wildman–Crippen MR) is 107 cm³/mol. The molecule has 0 atom stereocenters. The van der Waals surface area contributed by atoms with Crippen LogP contribution in [0, 0.1) is 0 Å². The minimum Gasteiger partial charge on any atom is -0.357 e. The van der Waals surface area contributed by atoms with Gasteiger partial charge in [0.05, 0.1) is 31.9 Å². The fourth-order valence-electron chi connectivity index (χ4n) is 2.85. The Balaban J connectivity index is 1.39. The highest BCUT2D eigenvalue weighted by Gasteiger charge is 2.24. The molecule has 1 aromatic heterocycles. The first-order chi connectivity index (χ1) is 12.7. The summed E-state index contributed by atoms with van der Waals surface area (Å²) in [4.78, 5) is 15.9. The Kier molecular flexibility index (Phi) is 7.04. The summed E-state index contributed by atoms with van der Waals surface area (Å²) in [6, 6.07) is 10.5. The number of piperazine rings is 1. The van der Waals surface area contributed by atoms with E-state index in [1.165, 1.54) is 33.6 Å². The van der Waals surface area contributed by atoms with E-state index < -0.39 is 0 Å². The van der Waals surface area contributed by atoms with Gasteiger partial charge in [-0.1, -0.05) is 59.5 Å². The molecule has 0 unspecified atom stereocenters. The zero-order valence-electron chi connectivity index (χ0n) is 14.7. The first-order valence-corrected chi connectivity index (χ1v) is 10.5. The number of quaternary nitrogens is 1. The quantitative estimate of drug-likeness (QED) is 0.523. The van der Waals surface area contributed by atoms with Gasteiger partial charge in [0.1, 0.15) is 6.54 Å². The van der Waals surface area contributed by atoms with Crippen LogP contribution < -0.4 is 10.2 Å². The highest BCUT2D eigenvalue weighted by molar-refractivity contribution is 8.01. The lowest BCUT2D eigenvalue weighted by Crippen LogP contribution is -3.13. The van der Waals surface area contributed by atoms with Crippen LogP contribution in [0.25, 0.3) is 0 Å². The van der Waals surface area contributed by atoms with Crippen molar-refractivity contribution in [2.75, 3.05) is 43.8 Å². The molecule has 1 aliphatic rings. The minimum atomic E-state index is 0.185. The zero-order chi connectivity index (χ0) is 18.2. The number of thioether (sulfide) groups is 1. The molecule has 1 fully saturated rings. The van der Waals surface area contributed by atoms with Crippen molar-refractivity contribution in [2.24, 2.45) is 0 Å². The fourth-order valence-corrected chi connectivity index (χ4v) is 4.51. The molecule has 1 aromatic carbocycles. The Morgan fingerprint density at radius 3 is 2.81 bits per heavy atom. The summed E-state index contributed by atoms with van der Waals surface area (Å²) in [5.41, 5.74) is 1.36. The standard InChI is InChI=1S/C18H23N5OS2/c1-2-8-19-17-20-21-18(26-17)25-14-16(24)23-11-9-22(10-12-23)13-15-6-4-3-5-7-15/h2-7H,1,8-14H2,(H,19,20)/p+1. The molecule has 0 radical (unpaired) electrons. The van der Waals surface area contributed by atoms with Crippen LogP contribution in [0.2, 0.25) is 0 Å². The molecule has 2 aromatic rings. The Hall–Kier alpha value is -1.90. The molecular weight excluding hydrogens is 366 g/mol. The molecule has 1 saturated heterocycles. The summed E-state index contributed by atoms with van der Waals surface area (Å²) in [6.45, 7) is 9.00. The second-order valence-electron chi connectivity index (χ2n) is 6.12. The Morgan fingerprint density at radius 1 is 1.31 bits per heavy atom. The van der Waals surface area contributed by atoms with Crippen molar-refractivity contribution in [2.45, 2.75) is 10.9 Å². The van der Waals surface area contributed by atoms with Gasteiger partial charge in [-0.05, 0) is 0 Å². The van der Waals surface area contributed by atoms with Crippen LogP contribution >= 0.6 is 23.1 Å². The third kappa shape index (κ3) is 5.55. The third-order valence-corrected chi connectivity index (χ3v) is 6.24. The highest BCUT2D eigenvalue weighted by atomic mass is 32.2. The second-order valence-corrected chi connectivity index (χ2v) is 8.32. The van der Waals surface area contributed by atoms with Crippen LogP contribution in [0.15, 0.2) is 47.3 Å². The molecule has 3 rings (SSSR count). The summed E-state index contributed by atoms with van der Waals surface area (Å²) in [5.74, 6) is 0.606. The van der Waals surface area contributed by atoms with Crippen molar-refractivity contribution < 1.29 is 9.69 Å². The molecule has 2 heterocycles. The number of nitrogens with one attached hydrogen (secondary N) is 2. The van der Waals surface area contributed by atoms with Crippen LogP contribution in [-0.4, -0.2) is 59.5 Å². The van der Waals surface area contributed by atoms with Crippen molar-refractivity contribution in [3.05, 3.63) is 48.6 Å². The summed E-state index contributed by atoms with van der Waals surface area (Å²) in [5, 5.41) is 12.0. The Bertz CT molecular complexity index is 713. The highest BCUT2D eigenvalue weighted by Crippen LogP contribution is 2.25. The number of carbonyl (C=O) groups is 1. The molecule has 138 valence electrons. The minimum absolute atomic E-state index is 0.185. The topological polar surface area (TPSA) is 62.6 Å². The number of hydrogen-bond acceptors (Lipinski definition) is 6. The third-order valence-electron chi connectivity index (χ3n) is 4.24. The number of nitrogens with zero attached hydrogens (tertiary/aromatic N) is 3. The van der Waals surface area contributed by atoms with Crippen LogP contribution in [-0.2, 0) is 11.3 Å². The molecule has 1 aliphatic heterocycles. The lowest BCUT2D eigenvalue weighted by molar-refractivity contribution is -0.917. The van der Waals surface area contributed by atoms with Crippen molar-refractivity contribution in [1.82, 2.24) is 15.1 Å². The van der Waals surface area contributed by atoms with E-state index in [0.29, 0.717) is 12.3 Å². The van der Waals surface area contributed by atoms with Gasteiger partial charge in [0.25, 0.3) is 0 Å². The van der Waals surface area contributed by atoms with Crippen LogP contribution in [0.1, 0.15) is 5.56 Å².